The molecular weight excluding hydrogens is 364 g/mol. The van der Waals surface area contributed by atoms with Crippen LogP contribution in [0.25, 0.3) is 16.6 Å². The molecule has 29 heavy (non-hydrogen) atoms. The van der Waals surface area contributed by atoms with Crippen molar-refractivity contribution in [3.63, 3.8) is 0 Å². The number of H-pyrrole nitrogens is 1. The van der Waals surface area contributed by atoms with Crippen molar-refractivity contribution >= 4 is 10.9 Å². The van der Waals surface area contributed by atoms with Crippen LogP contribution in [0, 0.1) is 17.2 Å². The number of pyridine rings is 1. The molecule has 0 spiro atoms. The van der Waals surface area contributed by atoms with E-state index in [0.29, 0.717) is 22.4 Å². The number of rotatable bonds is 2. The van der Waals surface area contributed by atoms with Gasteiger partial charge in [-0.1, -0.05) is 25.1 Å². The summed E-state index contributed by atoms with van der Waals surface area (Å²) in [5.74, 6) is 2.72. The number of nitriles is 1. The van der Waals surface area contributed by atoms with Crippen LogP contribution in [-0.2, 0) is 7.05 Å². The smallest absolute Gasteiger partial charge is 0.279 e. The first-order valence-corrected chi connectivity index (χ1v) is 9.60. The van der Waals surface area contributed by atoms with E-state index in [2.05, 4.69) is 28.2 Å². The van der Waals surface area contributed by atoms with Gasteiger partial charge < -0.3 is 9.55 Å². The highest BCUT2D eigenvalue weighted by atomic mass is 16.1. The van der Waals surface area contributed by atoms with E-state index in [1.54, 1.807) is 29.4 Å². The number of nitrogens with one attached hydrogen (secondary N) is 1. The fourth-order valence-corrected chi connectivity index (χ4v) is 3.78. The Morgan fingerprint density at radius 1 is 1.21 bits per heavy atom. The molecule has 1 N–H and O–H groups in total. The minimum absolute atomic E-state index is 0.153. The summed E-state index contributed by atoms with van der Waals surface area (Å²) in [7, 11) is 2.01. The Morgan fingerprint density at radius 2 is 1.97 bits per heavy atom. The quantitative estimate of drug-likeness (QED) is 0.570. The summed E-state index contributed by atoms with van der Waals surface area (Å²) in [5, 5.41) is 17.5. The molecule has 3 heterocycles. The predicted molar refractivity (Wildman–Crippen MR) is 111 cm³/mol. The number of aromatic amines is 1. The van der Waals surface area contributed by atoms with Gasteiger partial charge in [0, 0.05) is 36.4 Å². The average molecular weight is 386 g/mol. The number of aromatic nitrogens is 5. The largest absolute Gasteiger partial charge is 0.355 e. The molecule has 0 radical (unpaired) electrons. The molecule has 0 amide bonds. The summed E-state index contributed by atoms with van der Waals surface area (Å²) >= 11 is 0. The molecule has 7 nitrogen and oxygen atoms in total. The second-order valence-electron chi connectivity index (χ2n) is 7.50. The Hall–Kier alpha value is -3.66. The van der Waals surface area contributed by atoms with Crippen LogP contribution in [-0.4, -0.2) is 24.3 Å². The molecule has 0 unspecified atom stereocenters. The summed E-state index contributed by atoms with van der Waals surface area (Å²) < 4.78 is 3.58. The summed E-state index contributed by atoms with van der Waals surface area (Å²) in [6.07, 6.45) is 7.59. The molecule has 1 aliphatic carbocycles. The zero-order chi connectivity index (χ0) is 20.4. The zero-order valence-electron chi connectivity index (χ0n) is 16.4. The summed E-state index contributed by atoms with van der Waals surface area (Å²) in [6.45, 7) is 2.28. The topological polar surface area (TPSA) is 92.3 Å². The van der Waals surface area contributed by atoms with Crippen LogP contribution in [0.2, 0.25) is 0 Å². The van der Waals surface area contributed by atoms with Gasteiger partial charge in [-0.3, -0.25) is 9.36 Å². The van der Waals surface area contributed by atoms with E-state index >= 15 is 0 Å². The molecule has 0 saturated heterocycles. The lowest BCUT2D eigenvalue weighted by atomic mass is 9.76. The predicted octanol–water partition coefficient (Wildman–Crippen LogP) is 3.52. The Balaban J connectivity index is 0.000000159. The third-order valence-electron chi connectivity index (χ3n) is 5.38. The maximum absolute atomic E-state index is 12.3. The monoisotopic (exact) mass is 386 g/mol. The van der Waals surface area contributed by atoms with Gasteiger partial charge in [0.25, 0.3) is 5.56 Å². The van der Waals surface area contributed by atoms with Crippen molar-refractivity contribution in [2.75, 3.05) is 0 Å². The molecule has 1 saturated carbocycles. The van der Waals surface area contributed by atoms with Gasteiger partial charge in [-0.15, -0.1) is 10.2 Å². The molecular formula is C22H22N6O. The second-order valence-corrected chi connectivity index (χ2v) is 7.50. The van der Waals surface area contributed by atoms with E-state index in [9.17, 15) is 4.79 Å². The minimum Gasteiger partial charge on any atom is -0.355 e. The van der Waals surface area contributed by atoms with Crippen molar-refractivity contribution in [3.8, 4) is 11.8 Å². The van der Waals surface area contributed by atoms with Gasteiger partial charge in [0.2, 0.25) is 0 Å². The van der Waals surface area contributed by atoms with E-state index < -0.39 is 0 Å². The van der Waals surface area contributed by atoms with Crippen LogP contribution < -0.4 is 5.56 Å². The second kappa shape index (κ2) is 7.76. The van der Waals surface area contributed by atoms with E-state index in [-0.39, 0.29) is 5.56 Å². The van der Waals surface area contributed by atoms with E-state index in [1.807, 2.05) is 41.9 Å². The lowest BCUT2D eigenvalue weighted by molar-refractivity contribution is 0.273. The van der Waals surface area contributed by atoms with Gasteiger partial charge in [-0.2, -0.15) is 5.26 Å². The molecule has 0 atom stereocenters. The fourth-order valence-electron chi connectivity index (χ4n) is 3.78. The normalized spacial score (nSPS) is 17.8. The third kappa shape index (κ3) is 3.57. The Labute approximate surface area is 168 Å². The maximum Gasteiger partial charge on any atom is 0.279 e. The van der Waals surface area contributed by atoms with Gasteiger partial charge in [-0.05, 0) is 37.0 Å². The Kier molecular flexibility index (Phi) is 5.00. The first kappa shape index (κ1) is 18.7. The van der Waals surface area contributed by atoms with Gasteiger partial charge in [-0.25, -0.2) is 0 Å². The van der Waals surface area contributed by atoms with Gasteiger partial charge in [0.15, 0.2) is 0 Å². The molecule has 0 aliphatic heterocycles. The molecule has 1 aliphatic rings. The SMILES string of the molecule is CC1CC(c2nncn2C)C1.N#Cc1c[nH]c2c(=O)n(-c3ccccc3)ccc12. The zero-order valence-corrected chi connectivity index (χ0v) is 16.4. The Bertz CT molecular complexity index is 1220. The maximum atomic E-state index is 12.3. The highest BCUT2D eigenvalue weighted by Gasteiger charge is 2.29. The lowest BCUT2D eigenvalue weighted by Gasteiger charge is -2.31. The number of para-hydroxylation sites is 1. The van der Waals surface area contributed by atoms with Crippen LogP contribution >= 0.6 is 0 Å². The van der Waals surface area contributed by atoms with Gasteiger partial charge in [0.05, 0.1) is 5.56 Å². The molecule has 1 fully saturated rings. The van der Waals surface area contributed by atoms with Crippen molar-refractivity contribution in [2.45, 2.75) is 25.7 Å². The van der Waals surface area contributed by atoms with Crippen LogP contribution in [0.3, 0.4) is 0 Å². The fraction of sp³-hybridized carbons (Fsp3) is 0.273. The summed E-state index contributed by atoms with van der Waals surface area (Å²) in [4.78, 5) is 15.1. The number of hydrogen-bond donors (Lipinski definition) is 1. The molecule has 0 bridgehead atoms. The summed E-state index contributed by atoms with van der Waals surface area (Å²) in [6, 6.07) is 13.2. The van der Waals surface area contributed by atoms with E-state index in [0.717, 1.165) is 17.4 Å². The Morgan fingerprint density at radius 3 is 2.59 bits per heavy atom. The highest BCUT2D eigenvalue weighted by Crippen LogP contribution is 2.39. The molecule has 5 rings (SSSR count). The van der Waals surface area contributed by atoms with Crippen molar-refractivity contribution < 1.29 is 0 Å². The molecule has 4 aromatic rings. The van der Waals surface area contributed by atoms with E-state index in [1.165, 1.54) is 12.8 Å². The number of fused-ring (bicyclic) bond motifs is 1. The van der Waals surface area contributed by atoms with Crippen LogP contribution in [0.5, 0.6) is 0 Å². The first-order valence-electron chi connectivity index (χ1n) is 9.60. The van der Waals surface area contributed by atoms with Crippen molar-refractivity contribution in [2.24, 2.45) is 13.0 Å². The average Bonchev–Trinajstić information content (AvgIpc) is 3.33. The minimum atomic E-state index is -0.153. The number of aryl methyl sites for hydroxylation is 1. The highest BCUT2D eigenvalue weighted by molar-refractivity contribution is 5.84. The van der Waals surface area contributed by atoms with Crippen molar-refractivity contribution in [3.05, 3.63) is 76.9 Å². The van der Waals surface area contributed by atoms with Gasteiger partial charge in [0.1, 0.15) is 23.7 Å². The number of hydrogen-bond acceptors (Lipinski definition) is 4. The number of benzene rings is 1. The van der Waals surface area contributed by atoms with Crippen LogP contribution in [0.4, 0.5) is 0 Å². The summed E-state index contributed by atoms with van der Waals surface area (Å²) in [5.41, 5.74) is 1.60. The molecule has 1 aromatic carbocycles. The number of nitrogens with zero attached hydrogens (tertiary/aromatic N) is 5. The first-order chi connectivity index (χ1) is 14.1. The third-order valence-corrected chi connectivity index (χ3v) is 5.38. The standard InChI is InChI=1S/C14H9N3O.C8H13N3/c15-8-10-9-16-13-12(10)6-7-17(14(13)18)11-4-2-1-3-5-11;1-6-3-7(4-6)8-10-9-5-11(8)2/h1-7,9,16H;5-7H,3-4H2,1-2H3. The van der Waals surface area contributed by atoms with Crippen LogP contribution in [0.1, 0.15) is 37.1 Å². The van der Waals surface area contributed by atoms with Gasteiger partial charge >= 0.3 is 0 Å². The lowest BCUT2D eigenvalue weighted by Crippen LogP contribution is -2.21. The molecule has 3 aromatic heterocycles. The van der Waals surface area contributed by atoms with Crippen LogP contribution in [0.15, 0.2) is 59.9 Å². The van der Waals surface area contributed by atoms with E-state index in [4.69, 9.17) is 5.26 Å². The van der Waals surface area contributed by atoms with Crippen molar-refractivity contribution in [1.82, 2.24) is 24.3 Å². The van der Waals surface area contributed by atoms with Crippen molar-refractivity contribution in [1.29, 1.82) is 5.26 Å². The molecule has 7 heteroatoms. The molecule has 146 valence electrons.